The van der Waals surface area contributed by atoms with Gasteiger partial charge in [-0.3, -0.25) is 0 Å². The molecule has 5 nitrogen and oxygen atoms in total. The number of rotatable bonds is 3. The van der Waals surface area contributed by atoms with Crippen LogP contribution in [0.4, 0.5) is 10.5 Å². The number of hydrogen-bond acceptors (Lipinski definition) is 3. The van der Waals surface area contributed by atoms with Crippen LogP contribution in [0.1, 0.15) is 0 Å². The lowest BCUT2D eigenvalue weighted by Gasteiger charge is -2.19. The van der Waals surface area contributed by atoms with Crippen molar-refractivity contribution in [3.05, 3.63) is 30.9 Å². The Kier molecular flexibility index (Phi) is 3.49. The molecular weight excluding hydrogens is 220 g/mol. The van der Waals surface area contributed by atoms with Gasteiger partial charge in [-0.1, -0.05) is 6.08 Å². The molecule has 17 heavy (non-hydrogen) atoms. The molecule has 0 saturated carbocycles. The molecule has 0 aromatic heterocycles. The Morgan fingerprint density at radius 1 is 1.35 bits per heavy atom. The average molecular weight is 234 g/mol. The van der Waals surface area contributed by atoms with Crippen molar-refractivity contribution in [2.24, 2.45) is 0 Å². The third-order valence-corrected chi connectivity index (χ3v) is 2.21. The number of ether oxygens (including phenoxy) is 2. The number of carbonyl (C=O) groups is 1. The van der Waals surface area contributed by atoms with E-state index in [0.717, 1.165) is 0 Å². The number of carbonyl (C=O) groups excluding carboxylic acids is 1. The van der Waals surface area contributed by atoms with Crippen molar-refractivity contribution < 1.29 is 14.3 Å². The zero-order valence-electron chi connectivity index (χ0n) is 9.36. The summed E-state index contributed by atoms with van der Waals surface area (Å²) in [6.07, 6.45) is 1.61. The number of anilines is 1. The van der Waals surface area contributed by atoms with Crippen LogP contribution in [0.3, 0.4) is 0 Å². The van der Waals surface area contributed by atoms with Crippen LogP contribution < -0.4 is 20.1 Å². The maximum Gasteiger partial charge on any atom is 0.319 e. The summed E-state index contributed by atoms with van der Waals surface area (Å²) in [4.78, 5) is 11.4. The third-order valence-electron chi connectivity index (χ3n) is 2.21. The molecule has 2 amide bonds. The molecule has 0 unspecified atom stereocenters. The monoisotopic (exact) mass is 234 g/mol. The fourth-order valence-corrected chi connectivity index (χ4v) is 1.46. The van der Waals surface area contributed by atoms with Crippen LogP contribution in [0, 0.1) is 0 Å². The highest BCUT2D eigenvalue weighted by Crippen LogP contribution is 2.32. The van der Waals surface area contributed by atoms with Gasteiger partial charge in [0.25, 0.3) is 0 Å². The van der Waals surface area contributed by atoms with Crippen molar-refractivity contribution in [3.63, 3.8) is 0 Å². The topological polar surface area (TPSA) is 59.6 Å². The molecule has 90 valence electrons. The SMILES string of the molecule is C=CCNC(=O)Nc1ccc2c(c1)OCCO2. The van der Waals surface area contributed by atoms with E-state index in [1.807, 2.05) is 0 Å². The molecule has 0 fully saturated rings. The Labute approximate surface area is 99.4 Å². The first-order valence-electron chi connectivity index (χ1n) is 5.35. The molecule has 0 atom stereocenters. The highest BCUT2D eigenvalue weighted by Gasteiger charge is 2.12. The van der Waals surface area contributed by atoms with Crippen molar-refractivity contribution in [2.45, 2.75) is 0 Å². The molecule has 0 aliphatic carbocycles. The molecule has 2 rings (SSSR count). The molecule has 5 heteroatoms. The molecule has 1 aliphatic rings. The van der Waals surface area contributed by atoms with Gasteiger partial charge in [0.15, 0.2) is 11.5 Å². The number of urea groups is 1. The van der Waals surface area contributed by atoms with Gasteiger partial charge in [0, 0.05) is 18.3 Å². The van der Waals surface area contributed by atoms with Gasteiger partial charge in [0.2, 0.25) is 0 Å². The lowest BCUT2D eigenvalue weighted by Crippen LogP contribution is -2.28. The Balaban J connectivity index is 2.01. The average Bonchev–Trinajstić information content (AvgIpc) is 2.36. The summed E-state index contributed by atoms with van der Waals surface area (Å²) >= 11 is 0. The highest BCUT2D eigenvalue weighted by atomic mass is 16.6. The van der Waals surface area contributed by atoms with Crippen LogP contribution in [0.15, 0.2) is 30.9 Å². The van der Waals surface area contributed by atoms with Gasteiger partial charge in [-0.05, 0) is 12.1 Å². The Morgan fingerprint density at radius 3 is 2.88 bits per heavy atom. The van der Waals surface area contributed by atoms with E-state index in [-0.39, 0.29) is 6.03 Å². The van der Waals surface area contributed by atoms with Gasteiger partial charge in [-0.2, -0.15) is 0 Å². The Hall–Kier alpha value is -2.17. The number of benzene rings is 1. The standard InChI is InChI=1S/C12H14N2O3/c1-2-5-13-12(15)14-9-3-4-10-11(8-9)17-7-6-16-10/h2-4,8H,1,5-7H2,(H2,13,14,15). The minimum atomic E-state index is -0.276. The molecular formula is C12H14N2O3. The highest BCUT2D eigenvalue weighted by molar-refractivity contribution is 5.89. The number of nitrogens with one attached hydrogen (secondary N) is 2. The van der Waals surface area contributed by atoms with Crippen LogP contribution in [-0.2, 0) is 0 Å². The molecule has 1 aliphatic heterocycles. The van der Waals surface area contributed by atoms with Crippen molar-refractivity contribution in [1.29, 1.82) is 0 Å². The summed E-state index contributed by atoms with van der Waals surface area (Å²) in [5.41, 5.74) is 0.663. The molecule has 1 aromatic rings. The van der Waals surface area contributed by atoms with Crippen LogP contribution in [0.5, 0.6) is 11.5 Å². The zero-order chi connectivity index (χ0) is 12.1. The number of amides is 2. The molecule has 0 radical (unpaired) electrons. The fraction of sp³-hybridized carbons (Fsp3) is 0.250. The normalized spacial score (nSPS) is 12.7. The van der Waals surface area contributed by atoms with Gasteiger partial charge in [-0.25, -0.2) is 4.79 Å². The molecule has 0 bridgehead atoms. The van der Waals surface area contributed by atoms with Crippen LogP contribution >= 0.6 is 0 Å². The number of fused-ring (bicyclic) bond motifs is 1. The maximum atomic E-state index is 11.4. The molecule has 0 spiro atoms. The van der Waals surface area contributed by atoms with Crippen molar-refractivity contribution in [2.75, 3.05) is 25.1 Å². The zero-order valence-corrected chi connectivity index (χ0v) is 9.36. The Bertz CT molecular complexity index is 432. The molecule has 2 N–H and O–H groups in total. The Morgan fingerprint density at radius 2 is 2.12 bits per heavy atom. The van der Waals surface area contributed by atoms with E-state index in [0.29, 0.717) is 36.9 Å². The van der Waals surface area contributed by atoms with Gasteiger partial charge < -0.3 is 20.1 Å². The molecule has 1 aromatic carbocycles. The predicted octanol–water partition coefficient (Wildman–Crippen LogP) is 1.77. The summed E-state index contributed by atoms with van der Waals surface area (Å²) in [6, 6.07) is 5.00. The maximum absolute atomic E-state index is 11.4. The second-order valence-electron chi connectivity index (χ2n) is 3.48. The van der Waals surface area contributed by atoms with E-state index >= 15 is 0 Å². The fourth-order valence-electron chi connectivity index (χ4n) is 1.46. The van der Waals surface area contributed by atoms with Crippen molar-refractivity contribution in [1.82, 2.24) is 5.32 Å². The van der Waals surface area contributed by atoms with E-state index in [9.17, 15) is 4.79 Å². The summed E-state index contributed by atoms with van der Waals surface area (Å²) in [5.74, 6) is 1.35. The minimum Gasteiger partial charge on any atom is -0.486 e. The quantitative estimate of drug-likeness (QED) is 0.783. The number of hydrogen-bond donors (Lipinski definition) is 2. The first-order chi connectivity index (χ1) is 8.29. The van der Waals surface area contributed by atoms with Gasteiger partial charge in [0.05, 0.1) is 0 Å². The van der Waals surface area contributed by atoms with Crippen molar-refractivity contribution in [3.8, 4) is 11.5 Å². The lowest BCUT2D eigenvalue weighted by molar-refractivity contribution is 0.171. The summed E-state index contributed by atoms with van der Waals surface area (Å²) < 4.78 is 10.8. The second kappa shape index (κ2) is 5.25. The van der Waals surface area contributed by atoms with E-state index in [4.69, 9.17) is 9.47 Å². The van der Waals surface area contributed by atoms with Gasteiger partial charge in [0.1, 0.15) is 13.2 Å². The largest absolute Gasteiger partial charge is 0.486 e. The lowest BCUT2D eigenvalue weighted by atomic mass is 10.2. The molecule has 1 heterocycles. The van der Waals surface area contributed by atoms with E-state index in [1.165, 1.54) is 0 Å². The van der Waals surface area contributed by atoms with E-state index in [2.05, 4.69) is 17.2 Å². The van der Waals surface area contributed by atoms with E-state index in [1.54, 1.807) is 24.3 Å². The summed E-state index contributed by atoms with van der Waals surface area (Å²) in [7, 11) is 0. The van der Waals surface area contributed by atoms with Gasteiger partial charge in [-0.15, -0.1) is 6.58 Å². The summed E-state index contributed by atoms with van der Waals surface area (Å²) in [6.45, 7) is 5.03. The van der Waals surface area contributed by atoms with Crippen LogP contribution in [0.2, 0.25) is 0 Å². The minimum absolute atomic E-state index is 0.276. The molecule has 0 saturated heterocycles. The third kappa shape index (κ3) is 2.90. The van der Waals surface area contributed by atoms with Gasteiger partial charge >= 0.3 is 6.03 Å². The summed E-state index contributed by atoms with van der Waals surface area (Å²) in [5, 5.41) is 5.31. The van der Waals surface area contributed by atoms with E-state index < -0.39 is 0 Å². The van der Waals surface area contributed by atoms with Crippen molar-refractivity contribution >= 4 is 11.7 Å². The first kappa shape index (κ1) is 11.3. The second-order valence-corrected chi connectivity index (χ2v) is 3.48. The van der Waals surface area contributed by atoms with Crippen LogP contribution in [0.25, 0.3) is 0 Å². The smallest absolute Gasteiger partial charge is 0.319 e. The van der Waals surface area contributed by atoms with Crippen LogP contribution in [-0.4, -0.2) is 25.8 Å². The predicted molar refractivity (Wildman–Crippen MR) is 64.7 cm³/mol. The first-order valence-corrected chi connectivity index (χ1v) is 5.35.